The molecule has 5 nitrogen and oxygen atoms in total. The summed E-state index contributed by atoms with van der Waals surface area (Å²) in [5.74, 6) is 0.235. The van der Waals surface area contributed by atoms with Gasteiger partial charge in [0.05, 0.1) is 21.1 Å². The average Bonchev–Trinajstić information content (AvgIpc) is 2.92. The number of carbonyl (C=O) groups is 1. The lowest BCUT2D eigenvalue weighted by Crippen LogP contribution is -2.43. The summed E-state index contributed by atoms with van der Waals surface area (Å²) in [6, 6.07) is 6.49. The zero-order valence-electron chi connectivity index (χ0n) is 14.0. The van der Waals surface area contributed by atoms with Crippen molar-refractivity contribution in [2.45, 2.75) is 26.3 Å². The molecule has 1 fully saturated rings. The SMILES string of the molecule is Cc1nc2ccc(CN3CCCC(C(=O)NCCN)C3)cc2s1.Cl. The van der Waals surface area contributed by atoms with Crippen molar-refractivity contribution in [1.82, 2.24) is 15.2 Å². The third kappa shape index (κ3) is 4.66. The Balaban J connectivity index is 0.00000208. The van der Waals surface area contributed by atoms with Gasteiger partial charge in [-0.15, -0.1) is 23.7 Å². The molecule has 2 heterocycles. The molecule has 1 saturated heterocycles. The molecule has 1 aromatic carbocycles. The summed E-state index contributed by atoms with van der Waals surface area (Å²) in [6.45, 7) is 5.89. The van der Waals surface area contributed by atoms with E-state index < -0.39 is 0 Å². The molecule has 1 aromatic heterocycles. The summed E-state index contributed by atoms with van der Waals surface area (Å²) in [7, 11) is 0. The first-order valence-corrected chi connectivity index (χ1v) is 9.03. The van der Waals surface area contributed by atoms with Gasteiger partial charge in [0.1, 0.15) is 0 Å². The number of nitrogens with two attached hydrogens (primary N) is 1. The molecule has 24 heavy (non-hydrogen) atoms. The van der Waals surface area contributed by atoms with Crippen LogP contribution in [-0.4, -0.2) is 42.0 Å². The fraction of sp³-hybridized carbons (Fsp3) is 0.529. The number of amides is 1. The largest absolute Gasteiger partial charge is 0.355 e. The monoisotopic (exact) mass is 368 g/mol. The number of benzene rings is 1. The summed E-state index contributed by atoms with van der Waals surface area (Å²) in [6.07, 6.45) is 2.04. The van der Waals surface area contributed by atoms with Gasteiger partial charge in [-0.2, -0.15) is 0 Å². The van der Waals surface area contributed by atoms with Gasteiger partial charge in [-0.05, 0) is 44.0 Å². The molecule has 1 unspecified atom stereocenters. The van der Waals surface area contributed by atoms with Crippen LogP contribution in [0.1, 0.15) is 23.4 Å². The van der Waals surface area contributed by atoms with Crippen molar-refractivity contribution in [2.24, 2.45) is 11.7 Å². The normalized spacial score (nSPS) is 18.3. The summed E-state index contributed by atoms with van der Waals surface area (Å²) in [5, 5.41) is 4.02. The number of nitrogens with one attached hydrogen (secondary N) is 1. The first kappa shape index (κ1) is 19.1. The van der Waals surface area contributed by atoms with Crippen LogP contribution in [-0.2, 0) is 11.3 Å². The highest BCUT2D eigenvalue weighted by atomic mass is 35.5. The molecule has 2 aromatic rings. The van der Waals surface area contributed by atoms with Gasteiger partial charge in [-0.3, -0.25) is 9.69 Å². The zero-order valence-corrected chi connectivity index (χ0v) is 15.6. The first-order valence-electron chi connectivity index (χ1n) is 8.22. The molecule has 132 valence electrons. The fourth-order valence-electron chi connectivity index (χ4n) is 3.19. The lowest BCUT2D eigenvalue weighted by molar-refractivity contribution is -0.126. The second-order valence-electron chi connectivity index (χ2n) is 6.19. The summed E-state index contributed by atoms with van der Waals surface area (Å²) >= 11 is 1.74. The second-order valence-corrected chi connectivity index (χ2v) is 7.42. The van der Waals surface area contributed by atoms with Crippen LogP contribution < -0.4 is 11.1 Å². The first-order chi connectivity index (χ1) is 11.2. The Kier molecular flexibility index (Phi) is 6.98. The van der Waals surface area contributed by atoms with Gasteiger partial charge in [0.15, 0.2) is 0 Å². The minimum atomic E-state index is 0. The van der Waals surface area contributed by atoms with E-state index in [9.17, 15) is 4.79 Å². The molecule has 1 atom stereocenters. The lowest BCUT2D eigenvalue weighted by atomic mass is 9.96. The van der Waals surface area contributed by atoms with Crippen LogP contribution in [0.25, 0.3) is 10.2 Å². The maximum Gasteiger partial charge on any atom is 0.224 e. The number of halogens is 1. The minimum Gasteiger partial charge on any atom is -0.355 e. The highest BCUT2D eigenvalue weighted by Crippen LogP contribution is 2.24. The summed E-state index contributed by atoms with van der Waals surface area (Å²) < 4.78 is 1.24. The molecule has 1 aliphatic rings. The van der Waals surface area contributed by atoms with Crippen LogP contribution in [0.3, 0.4) is 0 Å². The van der Waals surface area contributed by atoms with Gasteiger partial charge in [0, 0.05) is 26.2 Å². The molecular formula is C17H25ClN4OS. The van der Waals surface area contributed by atoms with E-state index in [0.29, 0.717) is 13.1 Å². The molecule has 3 rings (SSSR count). The maximum atomic E-state index is 12.1. The number of rotatable bonds is 5. The van der Waals surface area contributed by atoms with Gasteiger partial charge in [-0.1, -0.05) is 6.07 Å². The van der Waals surface area contributed by atoms with Crippen molar-refractivity contribution >= 4 is 39.9 Å². The maximum absolute atomic E-state index is 12.1. The number of likely N-dealkylation sites (tertiary alicyclic amines) is 1. The van der Waals surface area contributed by atoms with E-state index in [2.05, 4.69) is 33.4 Å². The van der Waals surface area contributed by atoms with Crippen LogP contribution in [0.15, 0.2) is 18.2 Å². The van der Waals surface area contributed by atoms with E-state index in [1.165, 1.54) is 10.3 Å². The van der Waals surface area contributed by atoms with Crippen molar-refractivity contribution < 1.29 is 4.79 Å². The van der Waals surface area contributed by atoms with Crippen molar-refractivity contribution in [3.63, 3.8) is 0 Å². The van der Waals surface area contributed by atoms with E-state index in [0.717, 1.165) is 43.0 Å². The van der Waals surface area contributed by atoms with Crippen molar-refractivity contribution in [2.75, 3.05) is 26.2 Å². The average molecular weight is 369 g/mol. The van der Waals surface area contributed by atoms with Crippen LogP contribution in [0, 0.1) is 12.8 Å². The molecule has 0 aliphatic carbocycles. The number of hydrogen-bond donors (Lipinski definition) is 2. The number of nitrogens with zero attached hydrogens (tertiary/aromatic N) is 2. The van der Waals surface area contributed by atoms with Crippen LogP contribution in [0.5, 0.6) is 0 Å². The molecule has 7 heteroatoms. The highest BCUT2D eigenvalue weighted by molar-refractivity contribution is 7.18. The van der Waals surface area contributed by atoms with Crippen LogP contribution in [0.4, 0.5) is 0 Å². The Morgan fingerprint density at radius 3 is 3.12 bits per heavy atom. The Labute approximate surface area is 153 Å². The van der Waals surface area contributed by atoms with Gasteiger partial charge < -0.3 is 11.1 Å². The van der Waals surface area contributed by atoms with Gasteiger partial charge in [0.25, 0.3) is 0 Å². The number of hydrogen-bond acceptors (Lipinski definition) is 5. The molecule has 0 bridgehead atoms. The Bertz CT molecular complexity index is 690. The molecule has 0 radical (unpaired) electrons. The zero-order chi connectivity index (χ0) is 16.2. The fourth-order valence-corrected chi connectivity index (χ4v) is 4.08. The number of piperidine rings is 1. The van der Waals surface area contributed by atoms with E-state index in [-0.39, 0.29) is 24.2 Å². The Hall–Kier alpha value is -1.21. The van der Waals surface area contributed by atoms with Gasteiger partial charge in [0.2, 0.25) is 5.91 Å². The highest BCUT2D eigenvalue weighted by Gasteiger charge is 2.25. The molecular weight excluding hydrogens is 344 g/mol. The quantitative estimate of drug-likeness (QED) is 0.849. The van der Waals surface area contributed by atoms with Crippen LogP contribution >= 0.6 is 23.7 Å². The number of aromatic nitrogens is 1. The molecule has 1 amide bonds. The minimum absolute atomic E-state index is 0. The standard InChI is InChI=1S/C17H24N4OS.ClH/c1-12-20-15-5-4-13(9-16(15)23-12)10-21-8-2-3-14(11-21)17(22)19-7-6-18;/h4-5,9,14H,2-3,6-8,10-11,18H2,1H3,(H,19,22);1H. The van der Waals surface area contributed by atoms with E-state index in [1.807, 2.05) is 6.92 Å². The second kappa shape index (κ2) is 8.76. The van der Waals surface area contributed by atoms with Crippen molar-refractivity contribution in [3.05, 3.63) is 28.8 Å². The van der Waals surface area contributed by atoms with Gasteiger partial charge >= 0.3 is 0 Å². The molecule has 0 saturated carbocycles. The smallest absolute Gasteiger partial charge is 0.224 e. The topological polar surface area (TPSA) is 71.2 Å². The van der Waals surface area contributed by atoms with Crippen molar-refractivity contribution in [3.8, 4) is 0 Å². The number of fused-ring (bicyclic) bond motifs is 1. The third-order valence-corrected chi connectivity index (χ3v) is 5.22. The molecule has 1 aliphatic heterocycles. The van der Waals surface area contributed by atoms with Gasteiger partial charge in [-0.25, -0.2) is 4.98 Å². The lowest BCUT2D eigenvalue weighted by Gasteiger charge is -2.32. The van der Waals surface area contributed by atoms with E-state index in [4.69, 9.17) is 5.73 Å². The third-order valence-electron chi connectivity index (χ3n) is 4.29. The van der Waals surface area contributed by atoms with E-state index in [1.54, 1.807) is 11.3 Å². The van der Waals surface area contributed by atoms with E-state index >= 15 is 0 Å². The predicted octanol–water partition coefficient (Wildman–Crippen LogP) is 2.31. The number of aryl methyl sites for hydroxylation is 1. The summed E-state index contributed by atoms with van der Waals surface area (Å²) in [4.78, 5) is 19.0. The number of thiazole rings is 1. The Morgan fingerprint density at radius 2 is 2.33 bits per heavy atom. The summed E-state index contributed by atoms with van der Waals surface area (Å²) in [5.41, 5.74) is 7.83. The van der Waals surface area contributed by atoms with Crippen molar-refractivity contribution in [1.29, 1.82) is 0 Å². The molecule has 3 N–H and O–H groups in total. The molecule has 0 spiro atoms. The van der Waals surface area contributed by atoms with Crippen LogP contribution in [0.2, 0.25) is 0 Å². The Morgan fingerprint density at radius 1 is 1.50 bits per heavy atom. The number of carbonyl (C=O) groups excluding carboxylic acids is 1. The predicted molar refractivity (Wildman–Crippen MR) is 102 cm³/mol.